The maximum Gasteiger partial charge on any atom is 0.219 e. The van der Waals surface area contributed by atoms with E-state index in [-0.39, 0.29) is 18.6 Å². The molecule has 1 aliphatic rings. The molecule has 1 aliphatic carbocycles. The van der Waals surface area contributed by atoms with Crippen molar-refractivity contribution in [1.82, 2.24) is 4.98 Å². The number of halogens is 1. The highest BCUT2D eigenvalue weighted by atomic mass is 35.5. The highest BCUT2D eigenvalue weighted by Gasteiger charge is 2.48. The zero-order chi connectivity index (χ0) is 11.8. The van der Waals surface area contributed by atoms with E-state index in [4.69, 9.17) is 16.3 Å². The Morgan fingerprint density at radius 3 is 2.81 bits per heavy atom. The lowest BCUT2D eigenvalue weighted by Gasteiger charge is -2.34. The van der Waals surface area contributed by atoms with E-state index in [0.29, 0.717) is 16.5 Å². The van der Waals surface area contributed by atoms with Crippen molar-refractivity contribution in [3.05, 3.63) is 22.8 Å². The van der Waals surface area contributed by atoms with Crippen LogP contribution in [0.1, 0.15) is 18.4 Å². The van der Waals surface area contributed by atoms with Crippen LogP contribution in [0.4, 0.5) is 0 Å². The Balaban J connectivity index is 2.55. The standard InChI is InChI=1S/C11H9ClN2O2/c1-16-10-9(8(12)2-3-14-10)11(6-13)4-7(15)5-11/h2-3H,4-5H2,1H3. The van der Waals surface area contributed by atoms with Crippen LogP contribution < -0.4 is 4.74 Å². The SMILES string of the molecule is COc1nccc(Cl)c1C1(C#N)CC(=O)C1. The van der Waals surface area contributed by atoms with E-state index >= 15 is 0 Å². The van der Waals surface area contributed by atoms with Gasteiger partial charge in [0.15, 0.2) is 0 Å². The average molecular weight is 237 g/mol. The first-order valence-corrected chi connectivity index (χ1v) is 5.13. The molecule has 82 valence electrons. The molecule has 1 saturated carbocycles. The van der Waals surface area contributed by atoms with E-state index in [1.54, 1.807) is 6.07 Å². The van der Waals surface area contributed by atoms with E-state index in [1.807, 2.05) is 0 Å². The van der Waals surface area contributed by atoms with E-state index < -0.39 is 5.41 Å². The first-order valence-electron chi connectivity index (χ1n) is 4.75. The first-order chi connectivity index (χ1) is 7.63. The molecule has 0 unspecified atom stereocenters. The summed E-state index contributed by atoms with van der Waals surface area (Å²) in [5.41, 5.74) is -0.324. The third-order valence-electron chi connectivity index (χ3n) is 2.75. The second-order valence-electron chi connectivity index (χ2n) is 3.76. The van der Waals surface area contributed by atoms with Gasteiger partial charge in [-0.2, -0.15) is 5.26 Å². The Bertz CT molecular complexity index is 485. The lowest BCUT2D eigenvalue weighted by atomic mass is 9.65. The van der Waals surface area contributed by atoms with Crippen molar-refractivity contribution in [3.8, 4) is 11.9 Å². The Labute approximate surface area is 97.8 Å². The van der Waals surface area contributed by atoms with Gasteiger partial charge in [-0.25, -0.2) is 4.98 Å². The Morgan fingerprint density at radius 2 is 2.31 bits per heavy atom. The molecule has 0 spiro atoms. The summed E-state index contributed by atoms with van der Waals surface area (Å²) in [6, 6.07) is 3.75. The minimum atomic E-state index is -0.853. The number of pyridine rings is 1. The molecule has 0 aliphatic heterocycles. The van der Waals surface area contributed by atoms with Gasteiger partial charge in [0.25, 0.3) is 0 Å². The Kier molecular flexibility index (Phi) is 2.56. The van der Waals surface area contributed by atoms with Gasteiger partial charge >= 0.3 is 0 Å². The maximum absolute atomic E-state index is 11.1. The van der Waals surface area contributed by atoms with Crippen molar-refractivity contribution in [1.29, 1.82) is 5.26 Å². The predicted molar refractivity (Wildman–Crippen MR) is 57.3 cm³/mol. The highest BCUT2D eigenvalue weighted by molar-refractivity contribution is 6.31. The molecule has 1 fully saturated rings. The van der Waals surface area contributed by atoms with Crippen LogP contribution in [0.5, 0.6) is 5.88 Å². The van der Waals surface area contributed by atoms with Gasteiger partial charge < -0.3 is 4.74 Å². The molecule has 0 saturated heterocycles. The number of ketones is 1. The number of carbonyl (C=O) groups excluding carboxylic acids is 1. The normalized spacial score (nSPS) is 17.4. The molecule has 1 aromatic rings. The van der Waals surface area contributed by atoms with Crippen LogP contribution in [0.3, 0.4) is 0 Å². The van der Waals surface area contributed by atoms with Crippen LogP contribution in [-0.2, 0) is 10.2 Å². The van der Waals surface area contributed by atoms with Crippen molar-refractivity contribution >= 4 is 17.4 Å². The van der Waals surface area contributed by atoms with Crippen molar-refractivity contribution in [3.63, 3.8) is 0 Å². The summed E-state index contributed by atoms with van der Waals surface area (Å²) >= 11 is 6.05. The van der Waals surface area contributed by atoms with E-state index in [0.717, 1.165) is 0 Å². The predicted octanol–water partition coefficient (Wildman–Crippen LogP) is 1.87. The lowest BCUT2D eigenvalue weighted by molar-refractivity contribution is -0.126. The fraction of sp³-hybridized carbons (Fsp3) is 0.364. The first kappa shape index (κ1) is 10.9. The molecule has 1 heterocycles. The molecular formula is C11H9ClN2O2. The number of ether oxygens (including phenoxy) is 1. The molecule has 0 amide bonds. The van der Waals surface area contributed by atoms with Crippen LogP contribution in [0.15, 0.2) is 12.3 Å². The molecule has 0 atom stereocenters. The van der Waals surface area contributed by atoms with Gasteiger partial charge in [-0.1, -0.05) is 11.6 Å². The number of carbonyl (C=O) groups is 1. The van der Waals surface area contributed by atoms with Crippen LogP contribution in [0.25, 0.3) is 0 Å². The summed E-state index contributed by atoms with van der Waals surface area (Å²) in [5, 5.41) is 9.63. The average Bonchev–Trinajstić information content (AvgIpc) is 2.24. The third kappa shape index (κ3) is 1.44. The van der Waals surface area contributed by atoms with Gasteiger partial charge in [0, 0.05) is 19.0 Å². The second-order valence-corrected chi connectivity index (χ2v) is 4.17. The number of nitrogens with zero attached hydrogens (tertiary/aromatic N) is 2. The van der Waals surface area contributed by atoms with Gasteiger partial charge in [-0.05, 0) is 6.07 Å². The summed E-state index contributed by atoms with van der Waals surface area (Å²) in [5.74, 6) is 0.380. The number of Topliss-reactive ketones (excluding diaryl/α,β-unsaturated/α-hetero) is 1. The van der Waals surface area contributed by atoms with Crippen LogP contribution in [0.2, 0.25) is 5.02 Å². The molecule has 0 N–H and O–H groups in total. The number of nitriles is 1. The Hall–Kier alpha value is -1.60. The maximum atomic E-state index is 11.1. The third-order valence-corrected chi connectivity index (χ3v) is 3.06. The molecular weight excluding hydrogens is 228 g/mol. The Morgan fingerprint density at radius 1 is 1.62 bits per heavy atom. The van der Waals surface area contributed by atoms with Gasteiger partial charge in [-0.15, -0.1) is 0 Å². The largest absolute Gasteiger partial charge is 0.481 e. The molecule has 4 nitrogen and oxygen atoms in total. The highest BCUT2D eigenvalue weighted by Crippen LogP contribution is 2.46. The zero-order valence-corrected chi connectivity index (χ0v) is 9.41. The summed E-state index contributed by atoms with van der Waals surface area (Å²) in [7, 11) is 1.47. The molecule has 0 bridgehead atoms. The van der Waals surface area contributed by atoms with Crippen LogP contribution in [-0.4, -0.2) is 17.9 Å². The fourth-order valence-corrected chi connectivity index (χ4v) is 2.26. The summed E-state index contributed by atoms with van der Waals surface area (Å²) in [6.07, 6.45) is 1.88. The minimum Gasteiger partial charge on any atom is -0.481 e. The monoisotopic (exact) mass is 236 g/mol. The summed E-state index contributed by atoms with van der Waals surface area (Å²) in [6.45, 7) is 0. The molecule has 16 heavy (non-hydrogen) atoms. The molecule has 5 heteroatoms. The van der Waals surface area contributed by atoms with Crippen molar-refractivity contribution < 1.29 is 9.53 Å². The van der Waals surface area contributed by atoms with Gasteiger partial charge in [0.1, 0.15) is 11.2 Å². The van der Waals surface area contributed by atoms with Gasteiger partial charge in [0.2, 0.25) is 5.88 Å². The van der Waals surface area contributed by atoms with Crippen molar-refractivity contribution in [2.24, 2.45) is 0 Å². The summed E-state index contributed by atoms with van der Waals surface area (Å²) in [4.78, 5) is 15.1. The minimum absolute atomic E-state index is 0.0588. The number of hydrogen-bond acceptors (Lipinski definition) is 4. The number of rotatable bonds is 2. The van der Waals surface area contributed by atoms with Gasteiger partial charge in [-0.3, -0.25) is 4.79 Å². The smallest absolute Gasteiger partial charge is 0.219 e. The number of hydrogen-bond donors (Lipinski definition) is 0. The fourth-order valence-electron chi connectivity index (χ4n) is 1.94. The summed E-state index contributed by atoms with van der Waals surface area (Å²) < 4.78 is 5.09. The molecule has 2 rings (SSSR count). The van der Waals surface area contributed by atoms with E-state index in [1.165, 1.54) is 13.3 Å². The lowest BCUT2D eigenvalue weighted by Crippen LogP contribution is -2.41. The van der Waals surface area contributed by atoms with Crippen LogP contribution in [0, 0.1) is 11.3 Å². The quantitative estimate of drug-likeness (QED) is 0.786. The number of aromatic nitrogens is 1. The number of methoxy groups -OCH3 is 1. The topological polar surface area (TPSA) is 63.0 Å². The van der Waals surface area contributed by atoms with Crippen molar-refractivity contribution in [2.45, 2.75) is 18.3 Å². The van der Waals surface area contributed by atoms with E-state index in [9.17, 15) is 10.1 Å². The zero-order valence-electron chi connectivity index (χ0n) is 8.66. The molecule has 1 aromatic heterocycles. The van der Waals surface area contributed by atoms with Crippen LogP contribution >= 0.6 is 11.6 Å². The van der Waals surface area contributed by atoms with Gasteiger partial charge in [0.05, 0.1) is 23.8 Å². The molecule has 0 aromatic carbocycles. The van der Waals surface area contributed by atoms with Crippen molar-refractivity contribution in [2.75, 3.05) is 7.11 Å². The second kappa shape index (κ2) is 3.76. The molecule has 0 radical (unpaired) electrons. The van der Waals surface area contributed by atoms with E-state index in [2.05, 4.69) is 11.1 Å².